The lowest BCUT2D eigenvalue weighted by Gasteiger charge is -2.24. The molecular weight excluding hydrogens is 477 g/mol. The zero-order chi connectivity index (χ0) is 24.5. The molecule has 0 aliphatic heterocycles. The second kappa shape index (κ2) is 12.0. The molecule has 0 atom stereocenters. The standard InChI is InChI=1S/C25H21Cl2N3O4/c26-21-12-11-20(22(27)14-21)16-30(25(33)28-24(32)19-4-2-1-3-5-19)15-18-8-6-17(7-9-18)10-13-23(31)29-34/h1-14,34H,15-16H2,(H,29,31)(H,28,32,33). The highest BCUT2D eigenvalue weighted by atomic mass is 35.5. The van der Waals surface area contributed by atoms with E-state index >= 15 is 0 Å². The van der Waals surface area contributed by atoms with Gasteiger partial charge in [0.15, 0.2) is 0 Å². The van der Waals surface area contributed by atoms with Gasteiger partial charge < -0.3 is 4.90 Å². The van der Waals surface area contributed by atoms with Crippen molar-refractivity contribution in [2.75, 3.05) is 0 Å². The molecule has 174 valence electrons. The lowest BCUT2D eigenvalue weighted by atomic mass is 10.1. The number of urea groups is 1. The fourth-order valence-corrected chi connectivity index (χ4v) is 3.52. The molecule has 3 N–H and O–H groups in total. The van der Waals surface area contributed by atoms with Gasteiger partial charge >= 0.3 is 6.03 Å². The Labute approximate surface area is 206 Å². The number of imide groups is 1. The van der Waals surface area contributed by atoms with Crippen LogP contribution in [0.5, 0.6) is 0 Å². The Morgan fingerprint density at radius 3 is 2.26 bits per heavy atom. The van der Waals surface area contributed by atoms with Gasteiger partial charge in [0, 0.05) is 34.8 Å². The molecule has 4 amide bonds. The van der Waals surface area contributed by atoms with Crippen molar-refractivity contribution in [3.8, 4) is 0 Å². The molecule has 0 aliphatic rings. The second-order valence-electron chi connectivity index (χ2n) is 7.27. The largest absolute Gasteiger partial charge is 0.324 e. The number of hydrogen-bond acceptors (Lipinski definition) is 4. The molecule has 0 fully saturated rings. The van der Waals surface area contributed by atoms with Gasteiger partial charge in [-0.15, -0.1) is 0 Å². The lowest BCUT2D eigenvalue weighted by molar-refractivity contribution is -0.124. The maximum Gasteiger partial charge on any atom is 0.324 e. The Kier molecular flexibility index (Phi) is 8.81. The molecule has 3 aromatic carbocycles. The van der Waals surface area contributed by atoms with Gasteiger partial charge in [0.1, 0.15) is 0 Å². The number of amides is 4. The summed E-state index contributed by atoms with van der Waals surface area (Å²) >= 11 is 12.3. The Morgan fingerprint density at radius 2 is 1.62 bits per heavy atom. The summed E-state index contributed by atoms with van der Waals surface area (Å²) in [6, 6.07) is 20.0. The van der Waals surface area contributed by atoms with Crippen LogP contribution in [-0.4, -0.2) is 28.0 Å². The van der Waals surface area contributed by atoms with E-state index in [0.29, 0.717) is 21.2 Å². The van der Waals surface area contributed by atoms with Crippen molar-refractivity contribution in [3.05, 3.63) is 111 Å². The van der Waals surface area contributed by atoms with Crippen molar-refractivity contribution >= 4 is 47.1 Å². The van der Waals surface area contributed by atoms with Crippen LogP contribution in [0.4, 0.5) is 4.79 Å². The van der Waals surface area contributed by atoms with Gasteiger partial charge in [-0.1, -0.05) is 71.7 Å². The van der Waals surface area contributed by atoms with Gasteiger partial charge in [-0.2, -0.15) is 0 Å². The van der Waals surface area contributed by atoms with E-state index in [0.717, 1.165) is 11.1 Å². The quantitative estimate of drug-likeness (QED) is 0.241. The van der Waals surface area contributed by atoms with Crippen LogP contribution >= 0.6 is 23.2 Å². The molecule has 0 saturated carbocycles. The molecule has 0 unspecified atom stereocenters. The zero-order valence-corrected chi connectivity index (χ0v) is 19.4. The highest BCUT2D eigenvalue weighted by Gasteiger charge is 2.19. The number of hydrogen-bond donors (Lipinski definition) is 3. The van der Waals surface area contributed by atoms with Crippen LogP contribution in [0.25, 0.3) is 6.08 Å². The summed E-state index contributed by atoms with van der Waals surface area (Å²) in [6.45, 7) is 0.330. The number of carbonyl (C=O) groups is 3. The number of nitrogens with zero attached hydrogens (tertiary/aromatic N) is 1. The number of halogens is 2. The molecule has 9 heteroatoms. The second-order valence-corrected chi connectivity index (χ2v) is 8.11. The molecule has 3 rings (SSSR count). The Morgan fingerprint density at radius 1 is 0.912 bits per heavy atom. The monoisotopic (exact) mass is 497 g/mol. The van der Waals surface area contributed by atoms with Gasteiger partial charge in [0.25, 0.3) is 11.8 Å². The molecule has 7 nitrogen and oxygen atoms in total. The Hall–Kier alpha value is -3.65. The smallest absolute Gasteiger partial charge is 0.316 e. The van der Waals surface area contributed by atoms with Crippen LogP contribution in [0.3, 0.4) is 0 Å². The van der Waals surface area contributed by atoms with Crippen LogP contribution in [0, 0.1) is 0 Å². The maximum atomic E-state index is 13.0. The van der Waals surface area contributed by atoms with E-state index in [1.54, 1.807) is 72.8 Å². The number of rotatable bonds is 7. The van der Waals surface area contributed by atoms with Crippen LogP contribution in [0.2, 0.25) is 10.0 Å². The van der Waals surface area contributed by atoms with E-state index in [9.17, 15) is 14.4 Å². The van der Waals surface area contributed by atoms with Crippen LogP contribution in [-0.2, 0) is 17.9 Å². The van der Waals surface area contributed by atoms with E-state index in [1.807, 2.05) is 0 Å². The number of hydroxylamine groups is 1. The Bertz CT molecular complexity index is 1200. The highest BCUT2D eigenvalue weighted by Crippen LogP contribution is 2.23. The first kappa shape index (κ1) is 25.0. The molecule has 0 spiro atoms. The van der Waals surface area contributed by atoms with Gasteiger partial charge in [0.2, 0.25) is 0 Å². The van der Waals surface area contributed by atoms with E-state index in [2.05, 4.69) is 5.32 Å². The first-order valence-corrected chi connectivity index (χ1v) is 10.9. The summed E-state index contributed by atoms with van der Waals surface area (Å²) in [5, 5.41) is 11.9. The minimum atomic E-state index is -0.644. The molecule has 0 radical (unpaired) electrons. The summed E-state index contributed by atoms with van der Waals surface area (Å²) in [7, 11) is 0. The van der Waals surface area contributed by atoms with E-state index < -0.39 is 17.8 Å². The summed E-state index contributed by atoms with van der Waals surface area (Å²) in [4.78, 5) is 38.1. The number of carbonyl (C=O) groups excluding carboxylic acids is 3. The van der Waals surface area contributed by atoms with Crippen molar-refractivity contribution < 1.29 is 19.6 Å². The Balaban J connectivity index is 1.79. The topological polar surface area (TPSA) is 98.7 Å². The molecule has 0 aromatic heterocycles. The fraction of sp³-hybridized carbons (Fsp3) is 0.0800. The van der Waals surface area contributed by atoms with Crippen molar-refractivity contribution in [1.82, 2.24) is 15.7 Å². The molecule has 3 aromatic rings. The number of nitrogens with one attached hydrogen (secondary N) is 2. The third kappa shape index (κ3) is 7.18. The van der Waals surface area contributed by atoms with Gasteiger partial charge in [-0.05, 0) is 47.0 Å². The average molecular weight is 498 g/mol. The zero-order valence-electron chi connectivity index (χ0n) is 17.9. The summed E-state index contributed by atoms with van der Waals surface area (Å²) in [6.07, 6.45) is 2.72. The average Bonchev–Trinajstić information content (AvgIpc) is 2.84. The van der Waals surface area contributed by atoms with Crippen molar-refractivity contribution in [1.29, 1.82) is 0 Å². The molecular formula is C25H21Cl2N3O4. The molecule has 0 heterocycles. The first-order chi connectivity index (χ1) is 16.4. The summed E-state index contributed by atoms with van der Waals surface area (Å²) in [5.74, 6) is -1.16. The van der Waals surface area contributed by atoms with Gasteiger partial charge in [-0.3, -0.25) is 20.1 Å². The van der Waals surface area contributed by atoms with Gasteiger partial charge in [-0.25, -0.2) is 10.3 Å². The highest BCUT2D eigenvalue weighted by molar-refractivity contribution is 6.35. The summed E-state index contributed by atoms with van der Waals surface area (Å²) in [5.41, 5.74) is 4.07. The maximum absolute atomic E-state index is 13.0. The van der Waals surface area contributed by atoms with E-state index in [1.165, 1.54) is 22.5 Å². The van der Waals surface area contributed by atoms with Crippen molar-refractivity contribution in [3.63, 3.8) is 0 Å². The minimum Gasteiger partial charge on any atom is -0.316 e. The van der Waals surface area contributed by atoms with E-state index in [-0.39, 0.29) is 13.1 Å². The first-order valence-electron chi connectivity index (χ1n) is 10.2. The molecule has 0 bridgehead atoms. The third-order valence-corrected chi connectivity index (χ3v) is 5.40. The van der Waals surface area contributed by atoms with Crippen molar-refractivity contribution in [2.45, 2.75) is 13.1 Å². The van der Waals surface area contributed by atoms with Crippen molar-refractivity contribution in [2.24, 2.45) is 0 Å². The van der Waals surface area contributed by atoms with Crippen LogP contribution in [0.15, 0.2) is 78.9 Å². The number of benzene rings is 3. The predicted octanol–water partition coefficient (Wildman–Crippen LogP) is 5.06. The fourth-order valence-electron chi connectivity index (χ4n) is 3.06. The van der Waals surface area contributed by atoms with Crippen LogP contribution in [0.1, 0.15) is 27.0 Å². The molecule has 0 aliphatic carbocycles. The minimum absolute atomic E-state index is 0.141. The predicted molar refractivity (Wildman–Crippen MR) is 130 cm³/mol. The van der Waals surface area contributed by atoms with E-state index in [4.69, 9.17) is 28.4 Å². The molecule has 0 saturated heterocycles. The summed E-state index contributed by atoms with van der Waals surface area (Å²) < 4.78 is 0. The molecule has 34 heavy (non-hydrogen) atoms. The normalized spacial score (nSPS) is 10.7. The van der Waals surface area contributed by atoms with Crippen LogP contribution < -0.4 is 10.8 Å². The van der Waals surface area contributed by atoms with Gasteiger partial charge in [0.05, 0.1) is 0 Å². The third-order valence-electron chi connectivity index (χ3n) is 4.81. The lowest BCUT2D eigenvalue weighted by Crippen LogP contribution is -2.42. The SMILES string of the molecule is O=C(C=Cc1ccc(CN(Cc2ccc(Cl)cc2Cl)C(=O)NC(=O)c2ccccc2)cc1)NO.